The summed E-state index contributed by atoms with van der Waals surface area (Å²) in [5.74, 6) is 1.05. The molecule has 0 aliphatic heterocycles. The average Bonchev–Trinajstić information content (AvgIpc) is 3.19. The van der Waals surface area contributed by atoms with Gasteiger partial charge in [0.2, 0.25) is 0 Å². The first-order chi connectivity index (χ1) is 24.8. The predicted molar refractivity (Wildman–Crippen MR) is 204 cm³/mol. The van der Waals surface area contributed by atoms with Crippen molar-refractivity contribution in [2.45, 2.75) is 23.4 Å². The van der Waals surface area contributed by atoms with Crippen LogP contribution in [0.2, 0.25) is 0 Å². The molecule has 262 valence electrons. The van der Waals surface area contributed by atoms with Crippen LogP contribution in [0.1, 0.15) is 11.1 Å². The van der Waals surface area contributed by atoms with Crippen LogP contribution in [0.3, 0.4) is 0 Å². The number of hydrogen-bond donors (Lipinski definition) is 0. The van der Waals surface area contributed by atoms with E-state index in [0.717, 1.165) is 16.0 Å². The first-order valence-electron chi connectivity index (χ1n) is 16.4. The monoisotopic (exact) mass is 702 g/mol. The Morgan fingerprint density at radius 1 is 0.569 bits per heavy atom. The Labute approximate surface area is 304 Å². The first-order valence-corrected chi connectivity index (χ1v) is 17.3. The molecule has 0 saturated heterocycles. The van der Waals surface area contributed by atoms with E-state index in [1.165, 1.54) is 21.6 Å². The van der Waals surface area contributed by atoms with Crippen LogP contribution in [0.5, 0.6) is 11.5 Å². The highest BCUT2D eigenvalue weighted by Crippen LogP contribution is 2.31. The van der Waals surface area contributed by atoms with Gasteiger partial charge in [0.1, 0.15) is 16.9 Å². The largest absolute Gasteiger partial charge is 0.497 e. The molecule has 0 heterocycles. The van der Waals surface area contributed by atoms with Gasteiger partial charge < -0.3 is 19.3 Å². The summed E-state index contributed by atoms with van der Waals surface area (Å²) >= 11 is 1.28. The number of urea groups is 2. The number of anilines is 2. The molecule has 0 fully saturated rings. The Balaban J connectivity index is 1.54. The normalized spacial score (nSPS) is 11.2. The molecule has 9 nitrogen and oxygen atoms in total. The predicted octanol–water partition coefficient (Wildman–Crippen LogP) is 8.21. The molecule has 5 rings (SSSR count). The van der Waals surface area contributed by atoms with Crippen LogP contribution in [0, 0.1) is 0 Å². The summed E-state index contributed by atoms with van der Waals surface area (Å²) in [5, 5.41) is -0.999. The van der Waals surface area contributed by atoms with Crippen molar-refractivity contribution in [3.8, 4) is 11.5 Å². The second-order valence-electron chi connectivity index (χ2n) is 11.8. The molecule has 0 saturated carbocycles. The zero-order valence-electron chi connectivity index (χ0n) is 29.2. The number of ether oxygens (including phenoxy) is 2. The summed E-state index contributed by atoms with van der Waals surface area (Å²) in [7, 11) is 6.57. The van der Waals surface area contributed by atoms with Crippen molar-refractivity contribution in [1.29, 1.82) is 0 Å². The number of carbonyl (C=O) groups excluding carboxylic acids is 3. The van der Waals surface area contributed by atoms with Gasteiger partial charge in [-0.25, -0.2) is 9.59 Å². The molecule has 1 atom stereocenters. The van der Waals surface area contributed by atoms with E-state index < -0.39 is 5.37 Å². The van der Waals surface area contributed by atoms with E-state index in [9.17, 15) is 14.4 Å². The van der Waals surface area contributed by atoms with E-state index in [4.69, 9.17) is 9.47 Å². The van der Waals surface area contributed by atoms with Gasteiger partial charge in [-0.15, -0.1) is 0 Å². The molecule has 10 heteroatoms. The third-order valence-corrected chi connectivity index (χ3v) is 9.60. The maximum atomic E-state index is 14.8. The van der Waals surface area contributed by atoms with Crippen LogP contribution in [0.15, 0.2) is 144 Å². The van der Waals surface area contributed by atoms with Crippen molar-refractivity contribution >= 4 is 41.0 Å². The lowest BCUT2D eigenvalue weighted by Gasteiger charge is -2.35. The van der Waals surface area contributed by atoms with Gasteiger partial charge in [-0.3, -0.25) is 14.6 Å². The third-order valence-electron chi connectivity index (χ3n) is 8.32. The van der Waals surface area contributed by atoms with Crippen LogP contribution >= 0.6 is 11.8 Å². The molecule has 4 amide bonds. The first kappa shape index (κ1) is 36.5. The number of ketones is 1. The van der Waals surface area contributed by atoms with Gasteiger partial charge in [0.05, 0.1) is 20.8 Å². The summed E-state index contributed by atoms with van der Waals surface area (Å²) in [6, 6.07) is 42.2. The zero-order chi connectivity index (χ0) is 36.2. The molecule has 5 aromatic rings. The van der Waals surface area contributed by atoms with E-state index >= 15 is 0 Å². The number of para-hydroxylation sites is 2. The second-order valence-corrected chi connectivity index (χ2v) is 12.9. The Morgan fingerprint density at radius 3 is 1.47 bits per heavy atom. The smallest absolute Gasteiger partial charge is 0.325 e. The highest BCUT2D eigenvalue weighted by Gasteiger charge is 2.35. The molecule has 0 aliphatic carbocycles. The number of carbonyl (C=O) groups is 3. The second kappa shape index (κ2) is 17.8. The van der Waals surface area contributed by atoms with Crippen LogP contribution in [0.4, 0.5) is 21.0 Å². The van der Waals surface area contributed by atoms with E-state index in [-0.39, 0.29) is 37.5 Å². The minimum absolute atomic E-state index is 0.132. The minimum atomic E-state index is -0.999. The van der Waals surface area contributed by atoms with Gasteiger partial charge in [-0.05, 0) is 71.8 Å². The van der Waals surface area contributed by atoms with Crippen molar-refractivity contribution in [2.75, 3.05) is 44.7 Å². The van der Waals surface area contributed by atoms with Crippen molar-refractivity contribution in [3.63, 3.8) is 0 Å². The SMILES string of the molecule is COc1ccc(CN(CC(=O)C(Sc2ccccc2)N(Cc2ccc(OC)cc2)C(=O)N(C)c2ccccc2)C(=O)N(C)c2ccccc2)cc1. The summed E-state index contributed by atoms with van der Waals surface area (Å²) in [6.45, 7) is 0.0331. The molecule has 51 heavy (non-hydrogen) atoms. The lowest BCUT2D eigenvalue weighted by Crippen LogP contribution is -2.52. The van der Waals surface area contributed by atoms with Crippen molar-refractivity contribution in [2.24, 2.45) is 0 Å². The number of amides is 4. The fourth-order valence-electron chi connectivity index (χ4n) is 5.45. The zero-order valence-corrected chi connectivity index (χ0v) is 30.0. The van der Waals surface area contributed by atoms with Gasteiger partial charge in [0, 0.05) is 43.5 Å². The standard InChI is InChI=1S/C41H42N4O5S/c1-42(33-14-8-5-9-15-33)40(47)44(28-31-20-24-35(49-3)25-21-31)30-38(46)39(51-37-18-12-7-13-19-37)45(29-32-22-26-36(50-4)27-23-32)41(48)43(2)34-16-10-6-11-17-34/h5-27,39H,28-30H2,1-4H3. The fourth-order valence-corrected chi connectivity index (χ4v) is 6.52. The molecule has 0 aliphatic rings. The Hall–Kier alpha value is -5.74. The van der Waals surface area contributed by atoms with E-state index in [1.54, 1.807) is 38.1 Å². The molecular formula is C41H42N4O5S. The van der Waals surface area contributed by atoms with Gasteiger partial charge in [-0.1, -0.05) is 90.6 Å². The number of hydrogen-bond acceptors (Lipinski definition) is 6. The Morgan fingerprint density at radius 2 is 1.00 bits per heavy atom. The van der Waals surface area contributed by atoms with Gasteiger partial charge in [-0.2, -0.15) is 0 Å². The van der Waals surface area contributed by atoms with Crippen LogP contribution in [-0.2, 0) is 17.9 Å². The lowest BCUT2D eigenvalue weighted by molar-refractivity contribution is -0.121. The molecule has 0 N–H and O–H groups in total. The number of benzene rings is 5. The molecule has 0 aromatic heterocycles. The van der Waals surface area contributed by atoms with Gasteiger partial charge >= 0.3 is 12.1 Å². The van der Waals surface area contributed by atoms with Gasteiger partial charge in [0.25, 0.3) is 0 Å². The highest BCUT2D eigenvalue weighted by atomic mass is 32.2. The Kier molecular flexibility index (Phi) is 12.7. The van der Waals surface area contributed by atoms with Crippen molar-refractivity contribution < 1.29 is 23.9 Å². The topological polar surface area (TPSA) is 82.6 Å². The lowest BCUT2D eigenvalue weighted by atomic mass is 10.1. The van der Waals surface area contributed by atoms with Crippen LogP contribution < -0.4 is 19.3 Å². The maximum absolute atomic E-state index is 14.8. The fraction of sp³-hybridized carbons (Fsp3) is 0.195. The summed E-state index contributed by atoms with van der Waals surface area (Å²) in [4.78, 5) is 50.5. The van der Waals surface area contributed by atoms with E-state index in [2.05, 4.69) is 0 Å². The molecular weight excluding hydrogens is 661 g/mol. The highest BCUT2D eigenvalue weighted by molar-refractivity contribution is 8.00. The quantitative estimate of drug-likeness (QED) is 0.0857. The molecule has 0 spiro atoms. The van der Waals surface area contributed by atoms with Gasteiger partial charge in [0.15, 0.2) is 5.78 Å². The molecule has 0 radical (unpaired) electrons. The molecule has 1 unspecified atom stereocenters. The van der Waals surface area contributed by atoms with Crippen LogP contribution in [-0.4, -0.2) is 67.9 Å². The number of rotatable bonds is 14. The number of nitrogens with zero attached hydrogens (tertiary/aromatic N) is 4. The van der Waals surface area contributed by atoms with Crippen LogP contribution in [0.25, 0.3) is 0 Å². The van der Waals surface area contributed by atoms with Crippen molar-refractivity contribution in [3.05, 3.63) is 151 Å². The summed E-state index contributed by atoms with van der Waals surface area (Å²) in [5.41, 5.74) is 3.00. The van der Waals surface area contributed by atoms with E-state index in [0.29, 0.717) is 22.9 Å². The molecule has 0 bridgehead atoms. The average molecular weight is 703 g/mol. The Bertz CT molecular complexity index is 1860. The van der Waals surface area contributed by atoms with Crippen molar-refractivity contribution in [1.82, 2.24) is 9.80 Å². The number of methoxy groups -OCH3 is 2. The summed E-state index contributed by atoms with van der Waals surface area (Å²) < 4.78 is 10.7. The molecule has 5 aromatic carbocycles. The number of Topliss-reactive ketones (excluding diaryl/α,β-unsaturated/α-hetero) is 1. The van der Waals surface area contributed by atoms with E-state index in [1.807, 2.05) is 140 Å². The maximum Gasteiger partial charge on any atom is 0.325 e. The number of thioether (sulfide) groups is 1. The minimum Gasteiger partial charge on any atom is -0.497 e. The summed E-state index contributed by atoms with van der Waals surface area (Å²) in [6.07, 6.45) is 0. The third kappa shape index (κ3) is 9.70.